The third-order valence-electron chi connectivity index (χ3n) is 11.3. The minimum atomic E-state index is 0. The molecule has 0 atom stereocenters. The fourth-order valence-electron chi connectivity index (χ4n) is 6.95. The van der Waals surface area contributed by atoms with Crippen LogP contribution in [-0.4, -0.2) is 232 Å². The van der Waals surface area contributed by atoms with Crippen molar-refractivity contribution in [3.63, 3.8) is 0 Å². The van der Waals surface area contributed by atoms with Gasteiger partial charge in [-0.3, -0.25) is 15.3 Å². The van der Waals surface area contributed by atoms with Gasteiger partial charge in [-0.1, -0.05) is 408 Å². The van der Waals surface area contributed by atoms with Crippen molar-refractivity contribution in [2.45, 2.75) is 517 Å². The standard InChI is InChI=1S/C5H11N.C5H10O.C5H10S.C4H9NO.C4H9N.C4H7N.2C4H8O2.C4H8O.C4H8S.2C3H7NO.C3H5NS.C3H6O2.28C2H6.CH4/c3*1-2-4-6-5-3-1;1-3-6-4-2-5-1;2*1-2-4-5-3-1;1-2-6-4-3-5-1;1-2-5-4-6-3-1;2*1-2-4-5-3-1;1-2-5-3-4-1;1-2-4-5-3-1;2*1-2-5-3-4-1;28*1-2;/h6H,1-5H2;2*1-5H2;5H,1-4H2;5H,1-4H2;3H,1-2,4H2;2*1-4H2;2*1-4H2;2*4H,1-3H2;3H,1-2H2;1-3H2;28*1-2H3;1H4. The Labute approximate surface area is 868 Å². The van der Waals surface area contributed by atoms with E-state index in [1.165, 1.54) is 171 Å². The second kappa shape index (κ2) is 393. The van der Waals surface area contributed by atoms with Crippen LogP contribution < -0.4 is 26.7 Å². The Morgan fingerprint density at radius 1 is 0.195 bits per heavy atom. The summed E-state index contributed by atoms with van der Waals surface area (Å²) in [6.45, 7) is 139. The maximum Gasteiger partial charge on any atom is 0.146 e. The van der Waals surface area contributed by atoms with Gasteiger partial charge in [-0.05, 0) is 165 Å². The summed E-state index contributed by atoms with van der Waals surface area (Å²) in [6, 6.07) is 0. The SMILES string of the molecule is C.C1=NCCC1.C1=NCCS1.C1CCNC1.C1CCNCC1.C1CCOC1.C1CCOCC1.C1CCSC1.C1CCSCC1.C1CNOC1.C1COCCN1.C1COCCO1.C1COCN1.C1COCO1.C1COCOC1.CC.CC.CC.CC.CC.CC.CC.CC.CC.CC.CC.CC.CC.CC.CC.CC.CC.CC.CC.CC.CC.CC.CC.CC.CC.CC.CC.CC. The molecule has 0 saturated carbocycles. The zero-order valence-corrected chi connectivity index (χ0v) is 106. The second-order valence-corrected chi connectivity index (χ2v) is 21.7. The Hall–Kier alpha value is -0.250. The lowest BCUT2D eigenvalue weighted by Gasteiger charge is -2.10. The summed E-state index contributed by atoms with van der Waals surface area (Å²) in [7, 11) is 0. The van der Waals surface area contributed by atoms with Crippen molar-refractivity contribution in [3.05, 3.63) is 0 Å². The molecule has 14 aliphatic rings. The quantitative estimate of drug-likeness (QED) is 0.154. The molecule has 133 heavy (non-hydrogen) atoms. The normalized spacial score (nSPS) is 14.7. The highest BCUT2D eigenvalue weighted by atomic mass is 32.2. The maximum atomic E-state index is 5.07. The van der Waals surface area contributed by atoms with Gasteiger partial charge in [0, 0.05) is 71.4 Å². The average molecular weight is 2000 g/mol. The van der Waals surface area contributed by atoms with Crippen LogP contribution in [0.5, 0.6) is 0 Å². The van der Waals surface area contributed by atoms with Gasteiger partial charge in [-0.15, -0.1) is 11.8 Å². The van der Waals surface area contributed by atoms with Gasteiger partial charge in [0.1, 0.15) is 13.6 Å². The molecule has 0 aromatic rings. The summed E-state index contributed by atoms with van der Waals surface area (Å²) >= 11 is 5.95. The zero-order chi connectivity index (χ0) is 110. The average Bonchev–Trinajstić information content (AvgIpc) is 2.06. The van der Waals surface area contributed by atoms with Gasteiger partial charge < -0.3 is 68.2 Å². The Morgan fingerprint density at radius 3 is 0.556 bits per heavy atom. The van der Waals surface area contributed by atoms with E-state index in [4.69, 9.17) is 52.2 Å². The van der Waals surface area contributed by atoms with Gasteiger partial charge >= 0.3 is 0 Å². The molecule has 0 unspecified atom stereocenters. The van der Waals surface area contributed by atoms with Crippen LogP contribution in [0.2, 0.25) is 0 Å². The Kier molecular flexibility index (Phi) is 632. The Morgan fingerprint density at radius 2 is 0.451 bits per heavy atom. The number of piperidine rings is 1. The number of nitrogens with zero attached hydrogens (tertiary/aromatic N) is 2. The lowest BCUT2D eigenvalue weighted by atomic mass is 10.2. The van der Waals surface area contributed by atoms with Crippen LogP contribution in [0, 0.1) is 0 Å². The predicted molar refractivity (Wildman–Crippen MR) is 645 cm³/mol. The van der Waals surface area contributed by atoms with Crippen LogP contribution >= 0.6 is 35.3 Å². The van der Waals surface area contributed by atoms with Gasteiger partial charge in [0.2, 0.25) is 0 Å². The number of nitrogens with one attached hydrogen (secondary N) is 5. The van der Waals surface area contributed by atoms with Crippen LogP contribution in [0.4, 0.5) is 0 Å². The number of thioether (sulfide) groups is 3. The fourth-order valence-corrected chi connectivity index (χ4v) is 9.52. The van der Waals surface area contributed by atoms with Gasteiger partial charge in [0.05, 0.1) is 91.6 Å². The third-order valence-corrected chi connectivity index (χ3v) is 14.4. The van der Waals surface area contributed by atoms with Crippen molar-refractivity contribution in [2.75, 3.05) is 220 Å². The summed E-state index contributed by atoms with van der Waals surface area (Å²) in [5.41, 5.74) is 4.62. The molecule has 0 aliphatic carbocycles. The molecular weight excluding hydrogens is 1720 g/mol. The maximum absolute atomic E-state index is 5.07. The summed E-state index contributed by atoms with van der Waals surface area (Å²) in [6.07, 6.45) is 27.5. The number of hydrogen-bond acceptors (Lipinski definition) is 21. The molecule has 12 fully saturated rings. The molecule has 852 valence electrons. The van der Waals surface area contributed by atoms with Crippen LogP contribution in [0.3, 0.4) is 0 Å². The molecule has 0 spiro atoms. The summed E-state index contributed by atoms with van der Waals surface area (Å²) in [5.74, 6) is 6.86. The van der Waals surface area contributed by atoms with Crippen molar-refractivity contribution in [3.8, 4) is 0 Å². The van der Waals surface area contributed by atoms with Crippen molar-refractivity contribution in [1.29, 1.82) is 0 Å². The number of hydroxylamine groups is 1. The van der Waals surface area contributed by atoms with Gasteiger partial charge in [0.25, 0.3) is 0 Å². The topological polar surface area (TPSA) is 186 Å². The van der Waals surface area contributed by atoms with E-state index in [9.17, 15) is 0 Å². The summed E-state index contributed by atoms with van der Waals surface area (Å²) in [4.78, 5) is 12.6. The number of aliphatic imine (C=N–C) groups is 2. The number of rotatable bonds is 0. The number of morpholine rings is 1. The lowest BCUT2D eigenvalue weighted by molar-refractivity contribution is -0.0963. The smallest absolute Gasteiger partial charge is 0.146 e. The predicted octanol–water partition coefficient (Wildman–Crippen LogP) is 37.0. The first kappa shape index (κ1) is 214. The molecule has 21 heteroatoms. The largest absolute Gasteiger partial charge is 0.381 e. The first-order valence-electron chi connectivity index (χ1n) is 57.7. The van der Waals surface area contributed by atoms with Gasteiger partial charge in [0.15, 0.2) is 0 Å². The van der Waals surface area contributed by atoms with E-state index in [0.717, 1.165) is 158 Å². The van der Waals surface area contributed by atoms with E-state index in [1.54, 1.807) is 11.8 Å². The highest BCUT2D eigenvalue weighted by molar-refractivity contribution is 8.12. The molecule has 0 aromatic heterocycles. The lowest BCUT2D eigenvalue weighted by Crippen LogP contribution is -2.30. The monoisotopic (exact) mass is 2000 g/mol. The molecule has 0 amide bonds. The molecule has 18 nitrogen and oxygen atoms in total. The minimum Gasteiger partial charge on any atom is -0.381 e. The molecule has 12 saturated heterocycles. The number of hydrogen-bond donors (Lipinski definition) is 5. The van der Waals surface area contributed by atoms with E-state index in [-0.39, 0.29) is 7.43 Å². The van der Waals surface area contributed by atoms with E-state index >= 15 is 0 Å². The Balaban J connectivity index is -0.0000000312. The van der Waals surface area contributed by atoms with Crippen LogP contribution in [-0.2, 0) is 52.2 Å². The first-order valence-corrected chi connectivity index (χ1v) is 61.0. The molecule has 5 N–H and O–H groups in total. The summed E-state index contributed by atoms with van der Waals surface area (Å²) < 4.78 is 48.9. The summed E-state index contributed by atoms with van der Waals surface area (Å²) in [5, 5.41) is 12.7. The van der Waals surface area contributed by atoms with Crippen molar-refractivity contribution < 1.29 is 52.2 Å². The van der Waals surface area contributed by atoms with E-state index in [1.807, 2.05) is 399 Å². The van der Waals surface area contributed by atoms with Crippen LogP contribution in [0.15, 0.2) is 9.98 Å². The molecule has 14 aliphatic heterocycles. The van der Waals surface area contributed by atoms with Crippen LogP contribution in [0.25, 0.3) is 0 Å². The van der Waals surface area contributed by atoms with E-state index < -0.39 is 0 Å². The van der Waals surface area contributed by atoms with Crippen molar-refractivity contribution in [1.82, 2.24) is 26.7 Å². The van der Waals surface area contributed by atoms with Crippen molar-refractivity contribution in [2.24, 2.45) is 9.98 Å². The second-order valence-electron chi connectivity index (χ2n) is 18.3. The fraction of sp³-hybridized carbons (Fsp3) is 0.982. The van der Waals surface area contributed by atoms with Crippen molar-refractivity contribution >= 4 is 47.0 Å². The highest BCUT2D eigenvalue weighted by Crippen LogP contribution is 2.15. The third kappa shape index (κ3) is 387. The molecule has 14 rings (SSSR count). The Bertz CT molecular complexity index is 787. The molecule has 0 aromatic carbocycles. The first-order chi connectivity index (χ1) is 66.0. The van der Waals surface area contributed by atoms with E-state index in [0.29, 0.717) is 13.6 Å². The number of ether oxygens (including phenoxy) is 10. The van der Waals surface area contributed by atoms with E-state index in [2.05, 4.69) is 60.3 Å². The highest BCUT2D eigenvalue weighted by Gasteiger charge is 2.01. The molecule has 14 heterocycles. The van der Waals surface area contributed by atoms with Gasteiger partial charge in [-0.2, -0.15) is 23.5 Å². The van der Waals surface area contributed by atoms with Crippen LogP contribution in [0.1, 0.15) is 517 Å². The molecule has 0 bridgehead atoms. The molecular formula is C112H285N7O11S3. The minimum absolute atomic E-state index is 0. The van der Waals surface area contributed by atoms with Gasteiger partial charge in [-0.25, -0.2) is 5.48 Å². The zero-order valence-electron chi connectivity index (χ0n) is 104. The molecule has 0 radical (unpaired) electrons.